The van der Waals surface area contributed by atoms with Gasteiger partial charge in [-0.2, -0.15) is 0 Å². The number of halogens is 2. The molecule has 0 aromatic heterocycles. The number of carboxylic acid groups (broad SMARTS) is 1. The number of thioether (sulfide) groups is 1. The number of fused-ring (bicyclic) bond motifs is 1. The summed E-state index contributed by atoms with van der Waals surface area (Å²) in [7, 11) is 0. The van der Waals surface area contributed by atoms with Crippen LogP contribution in [-0.4, -0.2) is 22.4 Å². The molecule has 0 spiro atoms. The molecule has 0 saturated carbocycles. The minimum atomic E-state index is -1.21. The normalized spacial score (nSPS) is 23.9. The maximum atomic E-state index is 11.0. The van der Waals surface area contributed by atoms with Gasteiger partial charge in [0.1, 0.15) is 5.54 Å². The van der Waals surface area contributed by atoms with E-state index in [1.807, 2.05) is 0 Å². The Balaban J connectivity index is 2.41. The molecule has 3 nitrogen and oxygen atoms in total. The molecule has 1 atom stereocenters. The summed E-state index contributed by atoms with van der Waals surface area (Å²) in [5.41, 5.74) is 5.44. The number of nitrogens with two attached hydrogens (primary N) is 1. The average molecular weight is 278 g/mol. The van der Waals surface area contributed by atoms with Crippen LogP contribution < -0.4 is 5.73 Å². The van der Waals surface area contributed by atoms with Crippen molar-refractivity contribution in [2.75, 3.05) is 5.75 Å². The van der Waals surface area contributed by atoms with Gasteiger partial charge in [-0.15, -0.1) is 11.8 Å². The Hall–Kier alpha value is -0.420. The van der Waals surface area contributed by atoms with Gasteiger partial charge in [-0.05, 0) is 17.7 Å². The Labute approximate surface area is 107 Å². The van der Waals surface area contributed by atoms with Crippen molar-refractivity contribution < 1.29 is 9.90 Å². The van der Waals surface area contributed by atoms with Gasteiger partial charge in [-0.3, -0.25) is 4.79 Å². The van der Waals surface area contributed by atoms with Crippen LogP contribution in [-0.2, 0) is 11.2 Å². The first-order chi connectivity index (χ1) is 7.42. The Morgan fingerprint density at radius 1 is 1.44 bits per heavy atom. The van der Waals surface area contributed by atoms with E-state index >= 15 is 0 Å². The van der Waals surface area contributed by atoms with Crippen molar-refractivity contribution in [3.63, 3.8) is 0 Å². The van der Waals surface area contributed by atoms with Crippen LogP contribution in [0.2, 0.25) is 10.0 Å². The minimum Gasteiger partial charge on any atom is -0.480 e. The summed E-state index contributed by atoms with van der Waals surface area (Å²) >= 11 is 13.2. The number of rotatable bonds is 1. The Morgan fingerprint density at radius 3 is 2.69 bits per heavy atom. The standard InChI is InChI=1S/C10H9Cl2NO2S/c11-6-1-5-3-10(13,9(14)15)4-16-8(5)2-7(6)12/h1-2H,3-4,13H2,(H,14,15). The van der Waals surface area contributed by atoms with Gasteiger partial charge in [0.15, 0.2) is 0 Å². The van der Waals surface area contributed by atoms with E-state index in [-0.39, 0.29) is 6.42 Å². The van der Waals surface area contributed by atoms with Crippen LogP contribution in [0.25, 0.3) is 0 Å². The van der Waals surface area contributed by atoms with E-state index in [1.165, 1.54) is 11.8 Å². The summed E-state index contributed by atoms with van der Waals surface area (Å²) in [6.45, 7) is 0. The second kappa shape index (κ2) is 4.11. The zero-order chi connectivity index (χ0) is 11.9. The van der Waals surface area contributed by atoms with Crippen molar-refractivity contribution in [2.45, 2.75) is 16.9 Å². The van der Waals surface area contributed by atoms with Gasteiger partial charge in [-0.1, -0.05) is 23.2 Å². The van der Waals surface area contributed by atoms with Crippen LogP contribution in [0.3, 0.4) is 0 Å². The minimum absolute atomic E-state index is 0.279. The monoisotopic (exact) mass is 277 g/mol. The van der Waals surface area contributed by atoms with Crippen molar-refractivity contribution in [1.29, 1.82) is 0 Å². The molecule has 1 aromatic rings. The van der Waals surface area contributed by atoms with E-state index in [9.17, 15) is 4.79 Å². The molecule has 1 unspecified atom stereocenters. The lowest BCUT2D eigenvalue weighted by Crippen LogP contribution is -2.53. The zero-order valence-electron chi connectivity index (χ0n) is 8.17. The second-order valence-corrected chi connectivity index (χ2v) is 5.63. The average Bonchev–Trinajstić information content (AvgIpc) is 2.20. The summed E-state index contributed by atoms with van der Waals surface area (Å²) in [5.74, 6) is -0.649. The van der Waals surface area contributed by atoms with Crippen molar-refractivity contribution in [2.24, 2.45) is 5.73 Å². The highest BCUT2D eigenvalue weighted by atomic mass is 35.5. The molecular formula is C10H9Cl2NO2S. The van der Waals surface area contributed by atoms with Gasteiger partial charge >= 0.3 is 5.97 Å². The Bertz CT molecular complexity index is 466. The summed E-state index contributed by atoms with van der Waals surface area (Å²) < 4.78 is 0. The highest BCUT2D eigenvalue weighted by Gasteiger charge is 2.38. The number of aliphatic carboxylic acids is 1. The third-order valence-electron chi connectivity index (χ3n) is 2.52. The molecule has 0 amide bonds. The van der Waals surface area contributed by atoms with Crippen LogP contribution in [0.4, 0.5) is 0 Å². The number of hydrogen-bond donors (Lipinski definition) is 2. The first kappa shape index (κ1) is 12.0. The number of benzene rings is 1. The van der Waals surface area contributed by atoms with E-state index in [0.29, 0.717) is 15.8 Å². The van der Waals surface area contributed by atoms with Crippen LogP contribution in [0.5, 0.6) is 0 Å². The molecule has 6 heteroatoms. The molecule has 0 fully saturated rings. The van der Waals surface area contributed by atoms with Crippen LogP contribution in [0, 0.1) is 0 Å². The van der Waals surface area contributed by atoms with Crippen LogP contribution >= 0.6 is 35.0 Å². The molecule has 1 aliphatic rings. The SMILES string of the molecule is NC1(C(=O)O)CSc2cc(Cl)c(Cl)cc2C1. The summed E-state index contributed by atoms with van der Waals surface area (Å²) in [5, 5.41) is 9.96. The fraction of sp³-hybridized carbons (Fsp3) is 0.300. The predicted octanol–water partition coefficient (Wildman–Crippen LogP) is 2.42. The quantitative estimate of drug-likeness (QED) is 0.828. The molecule has 0 radical (unpaired) electrons. The molecule has 0 aliphatic carbocycles. The number of carboxylic acids is 1. The van der Waals surface area contributed by atoms with E-state index in [4.69, 9.17) is 34.0 Å². The topological polar surface area (TPSA) is 63.3 Å². The maximum absolute atomic E-state index is 11.0. The van der Waals surface area contributed by atoms with Gasteiger partial charge < -0.3 is 10.8 Å². The summed E-state index contributed by atoms with van der Waals surface area (Å²) in [6, 6.07) is 3.45. The lowest BCUT2D eigenvalue weighted by atomic mass is 9.93. The highest BCUT2D eigenvalue weighted by molar-refractivity contribution is 7.99. The van der Waals surface area contributed by atoms with Gasteiger partial charge in [0.05, 0.1) is 10.0 Å². The molecule has 1 aromatic carbocycles. The zero-order valence-corrected chi connectivity index (χ0v) is 10.5. The van der Waals surface area contributed by atoms with Gasteiger partial charge in [0.2, 0.25) is 0 Å². The van der Waals surface area contributed by atoms with Crippen LogP contribution in [0.1, 0.15) is 5.56 Å². The van der Waals surface area contributed by atoms with E-state index in [0.717, 1.165) is 10.5 Å². The predicted molar refractivity (Wildman–Crippen MR) is 65.4 cm³/mol. The largest absolute Gasteiger partial charge is 0.480 e. The Kier molecular flexibility index (Phi) is 3.09. The number of carbonyl (C=O) groups is 1. The van der Waals surface area contributed by atoms with Crippen molar-refractivity contribution in [3.8, 4) is 0 Å². The van der Waals surface area contributed by atoms with E-state index < -0.39 is 11.5 Å². The smallest absolute Gasteiger partial charge is 0.324 e. The van der Waals surface area contributed by atoms with Crippen LogP contribution in [0.15, 0.2) is 17.0 Å². The van der Waals surface area contributed by atoms with Crippen molar-refractivity contribution in [3.05, 3.63) is 27.7 Å². The van der Waals surface area contributed by atoms with Crippen molar-refractivity contribution >= 4 is 40.9 Å². The second-order valence-electron chi connectivity index (χ2n) is 3.80. The summed E-state index contributed by atoms with van der Waals surface area (Å²) in [4.78, 5) is 12.0. The van der Waals surface area contributed by atoms with Crippen molar-refractivity contribution in [1.82, 2.24) is 0 Å². The lowest BCUT2D eigenvalue weighted by Gasteiger charge is -2.30. The molecule has 86 valence electrons. The van der Waals surface area contributed by atoms with E-state index in [2.05, 4.69) is 0 Å². The molecule has 0 saturated heterocycles. The first-order valence-corrected chi connectivity index (χ1v) is 6.29. The molecular weight excluding hydrogens is 269 g/mol. The van der Waals surface area contributed by atoms with Gasteiger partial charge in [-0.25, -0.2) is 0 Å². The lowest BCUT2D eigenvalue weighted by molar-refractivity contribution is -0.142. The molecule has 3 N–H and O–H groups in total. The molecule has 2 rings (SSSR count). The highest BCUT2D eigenvalue weighted by Crippen LogP contribution is 2.38. The van der Waals surface area contributed by atoms with Gasteiger partial charge in [0.25, 0.3) is 0 Å². The molecule has 0 bridgehead atoms. The molecule has 1 aliphatic heterocycles. The van der Waals surface area contributed by atoms with E-state index in [1.54, 1.807) is 12.1 Å². The third kappa shape index (κ3) is 2.02. The Morgan fingerprint density at radius 2 is 2.06 bits per heavy atom. The maximum Gasteiger partial charge on any atom is 0.324 e. The van der Waals surface area contributed by atoms with Gasteiger partial charge in [0, 0.05) is 17.1 Å². The molecule has 1 heterocycles. The fourth-order valence-corrected chi connectivity index (χ4v) is 3.15. The molecule has 16 heavy (non-hydrogen) atoms. The summed E-state index contributed by atoms with van der Waals surface area (Å²) in [6.07, 6.45) is 0.279. The number of hydrogen-bond acceptors (Lipinski definition) is 3. The first-order valence-electron chi connectivity index (χ1n) is 4.55. The third-order valence-corrected chi connectivity index (χ3v) is 4.59. The fourth-order valence-electron chi connectivity index (χ4n) is 1.58.